The summed E-state index contributed by atoms with van der Waals surface area (Å²) in [5, 5.41) is 6.31. The van der Waals surface area contributed by atoms with Gasteiger partial charge in [0.15, 0.2) is 0 Å². The summed E-state index contributed by atoms with van der Waals surface area (Å²) in [5.74, 6) is 1.97. The van der Waals surface area contributed by atoms with E-state index in [2.05, 4.69) is 0 Å². The first-order valence-corrected chi connectivity index (χ1v) is 9.97. The molecule has 6 nitrogen and oxygen atoms in total. The average molecular weight is 416 g/mol. The molecule has 0 spiro atoms. The normalized spacial score (nSPS) is 15.4. The van der Waals surface area contributed by atoms with Crippen molar-refractivity contribution in [2.24, 2.45) is 5.10 Å². The molecule has 3 aromatic rings. The van der Waals surface area contributed by atoms with Gasteiger partial charge in [0.1, 0.15) is 17.2 Å². The second-order valence-corrected chi connectivity index (χ2v) is 7.12. The third kappa shape index (κ3) is 4.10. The van der Waals surface area contributed by atoms with Gasteiger partial charge >= 0.3 is 0 Å². The maximum Gasteiger partial charge on any atom is 0.274 e. The molecule has 1 heterocycles. The van der Waals surface area contributed by atoms with E-state index in [-0.39, 0.29) is 11.9 Å². The second-order valence-electron chi connectivity index (χ2n) is 7.12. The lowest BCUT2D eigenvalue weighted by Crippen LogP contribution is -2.27. The number of hydrogen-bond donors (Lipinski definition) is 0. The summed E-state index contributed by atoms with van der Waals surface area (Å²) in [4.78, 5) is 13.3. The van der Waals surface area contributed by atoms with Gasteiger partial charge < -0.3 is 14.2 Å². The van der Waals surface area contributed by atoms with Gasteiger partial charge in [0.2, 0.25) is 0 Å². The van der Waals surface area contributed by atoms with Crippen LogP contribution in [0.4, 0.5) is 0 Å². The summed E-state index contributed by atoms with van der Waals surface area (Å²) < 4.78 is 16.2. The lowest BCUT2D eigenvalue weighted by atomic mass is 9.97. The zero-order valence-electron chi connectivity index (χ0n) is 17.7. The second kappa shape index (κ2) is 8.92. The Kier molecular flexibility index (Phi) is 5.89. The molecule has 1 aliphatic rings. The predicted octanol–water partition coefficient (Wildman–Crippen LogP) is 4.70. The molecular weight excluding hydrogens is 392 g/mol. The predicted molar refractivity (Wildman–Crippen MR) is 119 cm³/mol. The molecule has 0 aliphatic carbocycles. The number of nitrogens with zero attached hydrogens (tertiary/aromatic N) is 2. The Morgan fingerprint density at radius 3 is 2.19 bits per heavy atom. The van der Waals surface area contributed by atoms with Gasteiger partial charge in [0.05, 0.1) is 33.1 Å². The van der Waals surface area contributed by atoms with Gasteiger partial charge in [-0.15, -0.1) is 0 Å². The quantitative estimate of drug-likeness (QED) is 0.584. The van der Waals surface area contributed by atoms with Crippen molar-refractivity contribution in [3.63, 3.8) is 0 Å². The van der Waals surface area contributed by atoms with Gasteiger partial charge in [-0.25, -0.2) is 5.01 Å². The molecule has 31 heavy (non-hydrogen) atoms. The van der Waals surface area contributed by atoms with Crippen LogP contribution in [0.1, 0.15) is 33.9 Å². The van der Waals surface area contributed by atoms with Gasteiger partial charge in [-0.1, -0.05) is 30.3 Å². The molecule has 3 aromatic carbocycles. The smallest absolute Gasteiger partial charge is 0.274 e. The van der Waals surface area contributed by atoms with Crippen molar-refractivity contribution in [2.45, 2.75) is 12.5 Å². The number of hydrazone groups is 1. The molecule has 0 unspecified atom stereocenters. The SMILES string of the molecule is COc1ccc([C@H]2CC(c3ccc(OC)cc3OC)=NN2C(=O)c2ccccc2)cc1. The Labute approximate surface area is 181 Å². The number of methoxy groups -OCH3 is 3. The van der Waals surface area contributed by atoms with Crippen LogP contribution in [0.15, 0.2) is 77.9 Å². The molecule has 0 radical (unpaired) electrons. The molecular formula is C25H24N2O4. The zero-order chi connectivity index (χ0) is 21.8. The Morgan fingerprint density at radius 1 is 0.871 bits per heavy atom. The van der Waals surface area contributed by atoms with E-state index in [0.29, 0.717) is 23.5 Å². The molecule has 4 rings (SSSR count). The van der Waals surface area contributed by atoms with E-state index < -0.39 is 0 Å². The van der Waals surface area contributed by atoms with Crippen LogP contribution in [0.25, 0.3) is 0 Å². The third-order valence-corrected chi connectivity index (χ3v) is 5.36. The summed E-state index contributed by atoms with van der Waals surface area (Å²) in [6.07, 6.45) is 0.563. The van der Waals surface area contributed by atoms with Crippen molar-refractivity contribution in [1.29, 1.82) is 0 Å². The first-order valence-electron chi connectivity index (χ1n) is 9.97. The number of carbonyl (C=O) groups is 1. The number of hydrogen-bond acceptors (Lipinski definition) is 5. The fourth-order valence-electron chi connectivity index (χ4n) is 3.70. The number of benzene rings is 3. The topological polar surface area (TPSA) is 60.4 Å². The number of ether oxygens (including phenoxy) is 3. The van der Waals surface area contributed by atoms with Crippen molar-refractivity contribution in [1.82, 2.24) is 5.01 Å². The van der Waals surface area contributed by atoms with Crippen LogP contribution >= 0.6 is 0 Å². The molecule has 1 amide bonds. The summed E-state index contributed by atoms with van der Waals surface area (Å²) in [5.41, 5.74) is 3.19. The van der Waals surface area contributed by atoms with Crippen LogP contribution < -0.4 is 14.2 Å². The molecule has 6 heteroatoms. The summed E-state index contributed by atoms with van der Waals surface area (Å²) >= 11 is 0. The summed E-state index contributed by atoms with van der Waals surface area (Å²) in [7, 11) is 4.86. The van der Waals surface area contributed by atoms with Gasteiger partial charge in [-0.3, -0.25) is 4.79 Å². The van der Waals surface area contributed by atoms with E-state index in [4.69, 9.17) is 19.3 Å². The molecule has 0 saturated carbocycles. The number of rotatable bonds is 6. The van der Waals surface area contributed by atoms with E-state index in [1.165, 1.54) is 0 Å². The largest absolute Gasteiger partial charge is 0.497 e. The van der Waals surface area contributed by atoms with Gasteiger partial charge in [0, 0.05) is 23.6 Å². The van der Waals surface area contributed by atoms with Crippen LogP contribution in [0.2, 0.25) is 0 Å². The Hall–Kier alpha value is -3.80. The Balaban J connectivity index is 1.75. The summed E-state index contributed by atoms with van der Waals surface area (Å²) in [6, 6.07) is 22.3. The van der Waals surface area contributed by atoms with Crippen molar-refractivity contribution in [2.75, 3.05) is 21.3 Å². The zero-order valence-corrected chi connectivity index (χ0v) is 17.7. The van der Waals surface area contributed by atoms with E-state index in [9.17, 15) is 4.79 Å². The Bertz CT molecular complexity index is 1090. The standard InChI is InChI=1S/C25H24N2O4/c1-29-19-11-9-17(10-12-19)23-16-22(21-14-13-20(30-2)15-24(21)31-3)26-27(23)25(28)18-7-5-4-6-8-18/h4-15,23H,16H2,1-3H3/t23-/m1/s1. The minimum absolute atomic E-state index is 0.149. The van der Waals surface area contributed by atoms with Crippen LogP contribution in [-0.2, 0) is 0 Å². The highest BCUT2D eigenvalue weighted by Gasteiger charge is 2.34. The molecule has 1 aliphatic heterocycles. The minimum Gasteiger partial charge on any atom is -0.497 e. The van der Waals surface area contributed by atoms with Gasteiger partial charge in [-0.2, -0.15) is 5.10 Å². The van der Waals surface area contributed by atoms with E-state index in [1.54, 1.807) is 38.5 Å². The van der Waals surface area contributed by atoms with E-state index >= 15 is 0 Å². The molecule has 0 saturated heterocycles. The van der Waals surface area contributed by atoms with Crippen LogP contribution in [0.5, 0.6) is 17.2 Å². The van der Waals surface area contributed by atoms with Crippen molar-refractivity contribution in [3.05, 3.63) is 89.5 Å². The molecule has 0 aromatic heterocycles. The molecule has 1 atom stereocenters. The highest BCUT2D eigenvalue weighted by Crippen LogP contribution is 2.37. The fraction of sp³-hybridized carbons (Fsp3) is 0.200. The molecule has 0 fully saturated rings. The molecule has 158 valence electrons. The van der Waals surface area contributed by atoms with Gasteiger partial charge in [-0.05, 0) is 42.0 Å². The number of carbonyl (C=O) groups excluding carboxylic acids is 1. The minimum atomic E-state index is -0.236. The van der Waals surface area contributed by atoms with Crippen molar-refractivity contribution in [3.8, 4) is 17.2 Å². The summed E-state index contributed by atoms with van der Waals surface area (Å²) in [6.45, 7) is 0. The fourth-order valence-corrected chi connectivity index (χ4v) is 3.70. The highest BCUT2D eigenvalue weighted by molar-refractivity contribution is 6.06. The monoisotopic (exact) mass is 416 g/mol. The lowest BCUT2D eigenvalue weighted by Gasteiger charge is -2.22. The maximum absolute atomic E-state index is 13.3. The van der Waals surface area contributed by atoms with Crippen LogP contribution in [0.3, 0.4) is 0 Å². The Morgan fingerprint density at radius 2 is 1.55 bits per heavy atom. The first kappa shape index (κ1) is 20.5. The maximum atomic E-state index is 13.3. The van der Waals surface area contributed by atoms with E-state index in [0.717, 1.165) is 22.6 Å². The van der Waals surface area contributed by atoms with Gasteiger partial charge in [0.25, 0.3) is 5.91 Å². The number of amides is 1. The van der Waals surface area contributed by atoms with Crippen LogP contribution in [0, 0.1) is 0 Å². The molecule has 0 N–H and O–H groups in total. The van der Waals surface area contributed by atoms with Crippen LogP contribution in [-0.4, -0.2) is 38.0 Å². The first-order chi connectivity index (χ1) is 15.1. The average Bonchev–Trinajstić information content (AvgIpc) is 3.29. The van der Waals surface area contributed by atoms with E-state index in [1.807, 2.05) is 60.7 Å². The van der Waals surface area contributed by atoms with Crippen molar-refractivity contribution < 1.29 is 19.0 Å². The lowest BCUT2D eigenvalue weighted by molar-refractivity contribution is 0.0711. The van der Waals surface area contributed by atoms with Crippen molar-refractivity contribution >= 4 is 11.6 Å². The highest BCUT2D eigenvalue weighted by atomic mass is 16.5. The third-order valence-electron chi connectivity index (χ3n) is 5.36. The molecule has 0 bridgehead atoms.